The van der Waals surface area contributed by atoms with Crippen molar-refractivity contribution >= 4 is 5.69 Å². The first kappa shape index (κ1) is 15.3. The zero-order valence-corrected chi connectivity index (χ0v) is 13.2. The Morgan fingerprint density at radius 1 is 1.35 bits per heavy atom. The van der Waals surface area contributed by atoms with Gasteiger partial charge in [-0.1, -0.05) is 19.1 Å². The molecule has 1 aliphatic rings. The van der Waals surface area contributed by atoms with Gasteiger partial charge in [0.1, 0.15) is 5.82 Å². The SMILES string of the molecule is CC1CCCN(c2c(F)cccc2CNC(C)(C)C)C1. The van der Waals surface area contributed by atoms with Crippen LogP contribution in [0.1, 0.15) is 46.1 Å². The van der Waals surface area contributed by atoms with E-state index in [-0.39, 0.29) is 11.4 Å². The van der Waals surface area contributed by atoms with Crippen molar-refractivity contribution < 1.29 is 4.39 Å². The molecule has 1 aromatic carbocycles. The van der Waals surface area contributed by atoms with Gasteiger partial charge in [0, 0.05) is 25.2 Å². The number of halogens is 1. The number of hydrogen-bond donors (Lipinski definition) is 1. The molecule has 3 heteroatoms. The Morgan fingerprint density at radius 3 is 2.75 bits per heavy atom. The van der Waals surface area contributed by atoms with Crippen molar-refractivity contribution in [2.24, 2.45) is 5.92 Å². The Balaban J connectivity index is 2.21. The summed E-state index contributed by atoms with van der Waals surface area (Å²) in [6, 6.07) is 5.43. The predicted octanol–water partition coefficient (Wildman–Crippen LogP) is 3.95. The second-order valence-corrected chi connectivity index (χ2v) is 7.04. The quantitative estimate of drug-likeness (QED) is 0.900. The fourth-order valence-electron chi connectivity index (χ4n) is 2.81. The Labute approximate surface area is 122 Å². The summed E-state index contributed by atoms with van der Waals surface area (Å²) >= 11 is 0. The molecular formula is C17H27FN2. The van der Waals surface area contributed by atoms with Crippen molar-refractivity contribution in [1.82, 2.24) is 5.32 Å². The van der Waals surface area contributed by atoms with Gasteiger partial charge in [-0.05, 0) is 51.2 Å². The predicted molar refractivity (Wildman–Crippen MR) is 83.6 cm³/mol. The van der Waals surface area contributed by atoms with Crippen molar-refractivity contribution in [3.05, 3.63) is 29.6 Å². The van der Waals surface area contributed by atoms with Crippen LogP contribution in [0, 0.1) is 11.7 Å². The van der Waals surface area contributed by atoms with Crippen molar-refractivity contribution in [1.29, 1.82) is 0 Å². The molecule has 2 rings (SSSR count). The summed E-state index contributed by atoms with van der Waals surface area (Å²) in [6.45, 7) is 11.3. The van der Waals surface area contributed by atoms with Crippen molar-refractivity contribution in [3.8, 4) is 0 Å². The molecule has 1 heterocycles. The van der Waals surface area contributed by atoms with E-state index in [9.17, 15) is 4.39 Å². The molecule has 1 N–H and O–H groups in total. The maximum absolute atomic E-state index is 14.3. The van der Waals surface area contributed by atoms with Crippen LogP contribution in [0.5, 0.6) is 0 Å². The van der Waals surface area contributed by atoms with Gasteiger partial charge in [0.05, 0.1) is 5.69 Å². The Bertz CT molecular complexity index is 451. The van der Waals surface area contributed by atoms with Gasteiger partial charge in [0.15, 0.2) is 0 Å². The van der Waals surface area contributed by atoms with Gasteiger partial charge in [-0.25, -0.2) is 4.39 Å². The van der Waals surface area contributed by atoms with Gasteiger partial charge in [-0.2, -0.15) is 0 Å². The highest BCUT2D eigenvalue weighted by molar-refractivity contribution is 5.55. The largest absolute Gasteiger partial charge is 0.369 e. The normalized spacial score (nSPS) is 20.2. The molecule has 0 aliphatic carbocycles. The summed E-state index contributed by atoms with van der Waals surface area (Å²) < 4.78 is 14.3. The molecule has 112 valence electrons. The van der Waals surface area contributed by atoms with E-state index in [1.165, 1.54) is 6.42 Å². The molecule has 0 aromatic heterocycles. The van der Waals surface area contributed by atoms with Crippen molar-refractivity contribution in [2.45, 2.75) is 52.6 Å². The van der Waals surface area contributed by atoms with Gasteiger partial charge in [-0.15, -0.1) is 0 Å². The molecular weight excluding hydrogens is 251 g/mol. The average molecular weight is 278 g/mol. The molecule has 0 spiro atoms. The lowest BCUT2D eigenvalue weighted by molar-refractivity contribution is 0.419. The zero-order valence-electron chi connectivity index (χ0n) is 13.2. The summed E-state index contributed by atoms with van der Waals surface area (Å²) in [7, 11) is 0. The summed E-state index contributed by atoms with van der Waals surface area (Å²) in [6.07, 6.45) is 2.40. The number of anilines is 1. The Kier molecular flexibility index (Phi) is 4.69. The third-order valence-corrected chi connectivity index (χ3v) is 3.85. The van der Waals surface area contributed by atoms with Gasteiger partial charge in [-0.3, -0.25) is 0 Å². The van der Waals surface area contributed by atoms with Crippen LogP contribution in [0.4, 0.5) is 10.1 Å². The first-order valence-corrected chi connectivity index (χ1v) is 7.64. The molecule has 0 radical (unpaired) electrons. The summed E-state index contributed by atoms with van der Waals surface area (Å²) in [4.78, 5) is 2.23. The highest BCUT2D eigenvalue weighted by Crippen LogP contribution is 2.29. The molecule has 1 aromatic rings. The molecule has 1 atom stereocenters. The number of benzene rings is 1. The zero-order chi connectivity index (χ0) is 14.8. The molecule has 2 nitrogen and oxygen atoms in total. The lowest BCUT2D eigenvalue weighted by atomic mass is 9.98. The monoisotopic (exact) mass is 278 g/mol. The Morgan fingerprint density at radius 2 is 2.10 bits per heavy atom. The van der Waals surface area contributed by atoms with Crippen LogP contribution in [0.15, 0.2) is 18.2 Å². The van der Waals surface area contributed by atoms with Gasteiger partial charge in [0.25, 0.3) is 0 Å². The van der Waals surface area contributed by atoms with Gasteiger partial charge >= 0.3 is 0 Å². The van der Waals surface area contributed by atoms with Crippen LogP contribution in [-0.4, -0.2) is 18.6 Å². The summed E-state index contributed by atoms with van der Waals surface area (Å²) in [5.41, 5.74) is 1.91. The average Bonchev–Trinajstić information content (AvgIpc) is 2.35. The molecule has 0 saturated carbocycles. The van der Waals surface area contributed by atoms with Crippen LogP contribution in [0.25, 0.3) is 0 Å². The third-order valence-electron chi connectivity index (χ3n) is 3.85. The molecule has 1 aliphatic heterocycles. The van der Waals surface area contributed by atoms with E-state index >= 15 is 0 Å². The molecule has 0 bridgehead atoms. The van der Waals surface area contributed by atoms with E-state index in [4.69, 9.17) is 0 Å². The summed E-state index contributed by atoms with van der Waals surface area (Å²) in [5.74, 6) is 0.555. The lowest BCUT2D eigenvalue weighted by Gasteiger charge is -2.34. The van der Waals surface area contributed by atoms with E-state index in [1.807, 2.05) is 12.1 Å². The molecule has 1 unspecified atom stereocenters. The van der Waals surface area contributed by atoms with E-state index < -0.39 is 0 Å². The van der Waals surface area contributed by atoms with Crippen LogP contribution >= 0.6 is 0 Å². The fourth-order valence-corrected chi connectivity index (χ4v) is 2.81. The minimum absolute atomic E-state index is 0.0405. The smallest absolute Gasteiger partial charge is 0.146 e. The number of para-hydroxylation sites is 1. The lowest BCUT2D eigenvalue weighted by Crippen LogP contribution is -2.38. The van der Waals surface area contributed by atoms with Crippen LogP contribution in [0.3, 0.4) is 0 Å². The van der Waals surface area contributed by atoms with E-state index in [2.05, 4.69) is 37.9 Å². The van der Waals surface area contributed by atoms with Gasteiger partial charge < -0.3 is 10.2 Å². The maximum atomic E-state index is 14.3. The topological polar surface area (TPSA) is 15.3 Å². The molecule has 1 fully saturated rings. The second kappa shape index (κ2) is 6.13. The fraction of sp³-hybridized carbons (Fsp3) is 0.647. The van der Waals surface area contributed by atoms with E-state index in [1.54, 1.807) is 6.07 Å². The molecule has 1 saturated heterocycles. The maximum Gasteiger partial charge on any atom is 0.146 e. The second-order valence-electron chi connectivity index (χ2n) is 7.04. The van der Waals surface area contributed by atoms with Crippen LogP contribution in [0.2, 0.25) is 0 Å². The number of hydrogen-bond acceptors (Lipinski definition) is 2. The first-order valence-electron chi connectivity index (χ1n) is 7.64. The van der Waals surface area contributed by atoms with Crippen LogP contribution < -0.4 is 10.2 Å². The third kappa shape index (κ3) is 3.95. The molecule has 0 amide bonds. The van der Waals surface area contributed by atoms with Gasteiger partial charge in [0.2, 0.25) is 0 Å². The minimum atomic E-state index is -0.0905. The van der Waals surface area contributed by atoms with Crippen molar-refractivity contribution in [2.75, 3.05) is 18.0 Å². The van der Waals surface area contributed by atoms with Crippen LogP contribution in [-0.2, 0) is 6.54 Å². The standard InChI is InChI=1S/C17H27FN2/c1-13-7-6-10-20(12-13)16-14(8-5-9-15(16)18)11-19-17(2,3)4/h5,8-9,13,19H,6-7,10-12H2,1-4H3. The number of piperidine rings is 1. The van der Waals surface area contributed by atoms with E-state index in [0.717, 1.165) is 30.8 Å². The molecule has 20 heavy (non-hydrogen) atoms. The number of nitrogens with one attached hydrogen (secondary N) is 1. The van der Waals surface area contributed by atoms with E-state index in [0.29, 0.717) is 12.5 Å². The Hall–Kier alpha value is -1.09. The van der Waals surface area contributed by atoms with Crippen molar-refractivity contribution in [3.63, 3.8) is 0 Å². The summed E-state index contributed by atoms with van der Waals surface area (Å²) in [5, 5.41) is 3.46. The highest BCUT2D eigenvalue weighted by Gasteiger charge is 2.22. The minimum Gasteiger partial charge on any atom is -0.369 e. The number of rotatable bonds is 3. The highest BCUT2D eigenvalue weighted by atomic mass is 19.1. The number of nitrogens with zero attached hydrogens (tertiary/aromatic N) is 1. The first-order chi connectivity index (χ1) is 9.37.